The predicted octanol–water partition coefficient (Wildman–Crippen LogP) is 3.35. The van der Waals surface area contributed by atoms with Crippen molar-refractivity contribution >= 4 is 15.9 Å². The van der Waals surface area contributed by atoms with Crippen molar-refractivity contribution in [2.75, 3.05) is 20.1 Å². The predicted molar refractivity (Wildman–Crippen MR) is 85.2 cm³/mol. The molecule has 1 aromatic rings. The normalized spacial score (nSPS) is 29.8. The van der Waals surface area contributed by atoms with Crippen LogP contribution < -0.4 is 10.1 Å². The molecular formula is C16H23BrN2O. The van der Waals surface area contributed by atoms with Crippen LogP contribution in [0.25, 0.3) is 0 Å². The van der Waals surface area contributed by atoms with Crippen LogP contribution in [0.15, 0.2) is 22.7 Å². The van der Waals surface area contributed by atoms with Crippen molar-refractivity contribution in [2.45, 2.75) is 44.4 Å². The molecule has 3 rings (SSSR count). The quantitative estimate of drug-likeness (QED) is 0.894. The summed E-state index contributed by atoms with van der Waals surface area (Å²) in [4.78, 5) is 2.52. The zero-order valence-corrected chi connectivity index (χ0v) is 14.0. The molecule has 110 valence electrons. The molecular weight excluding hydrogens is 316 g/mol. The molecule has 2 unspecified atom stereocenters. The molecule has 20 heavy (non-hydrogen) atoms. The van der Waals surface area contributed by atoms with Gasteiger partial charge in [0.1, 0.15) is 11.4 Å². The van der Waals surface area contributed by atoms with Crippen LogP contribution in [0.1, 0.15) is 38.3 Å². The number of rotatable bonds is 2. The zero-order chi connectivity index (χ0) is 14.3. The minimum absolute atomic E-state index is 0.0221. The molecule has 4 heteroatoms. The first-order valence-corrected chi connectivity index (χ1v) is 8.22. The highest BCUT2D eigenvalue weighted by Gasteiger charge is 2.46. The molecule has 1 spiro atoms. The topological polar surface area (TPSA) is 24.5 Å². The second kappa shape index (κ2) is 5.32. The van der Waals surface area contributed by atoms with E-state index in [4.69, 9.17) is 4.74 Å². The van der Waals surface area contributed by atoms with Crippen LogP contribution in [0.2, 0.25) is 0 Å². The minimum atomic E-state index is -0.0221. The van der Waals surface area contributed by atoms with Crippen molar-refractivity contribution < 1.29 is 4.74 Å². The highest BCUT2D eigenvalue weighted by atomic mass is 79.9. The summed E-state index contributed by atoms with van der Waals surface area (Å²) in [5, 5.41) is 3.46. The fourth-order valence-electron chi connectivity index (χ4n) is 3.47. The van der Waals surface area contributed by atoms with E-state index in [0.29, 0.717) is 12.1 Å². The van der Waals surface area contributed by atoms with E-state index in [9.17, 15) is 0 Å². The number of nitrogens with zero attached hydrogens (tertiary/aromatic N) is 1. The van der Waals surface area contributed by atoms with Crippen molar-refractivity contribution in [3.63, 3.8) is 0 Å². The van der Waals surface area contributed by atoms with Crippen molar-refractivity contribution in [3.8, 4) is 5.75 Å². The standard InChI is InChI=1S/C16H23BrN2O/c1-11(2)19-7-6-16(10-19)9-14(18-3)13-5-4-12(17)8-15(13)20-16/h4-5,8,11,14,18H,6-7,9-10H2,1-3H3. The Hall–Kier alpha value is -0.580. The maximum absolute atomic E-state index is 6.46. The van der Waals surface area contributed by atoms with Gasteiger partial charge in [-0.3, -0.25) is 4.90 Å². The molecule has 1 saturated heterocycles. The van der Waals surface area contributed by atoms with Gasteiger partial charge in [0.05, 0.1) is 0 Å². The highest BCUT2D eigenvalue weighted by Crippen LogP contribution is 2.44. The minimum Gasteiger partial charge on any atom is -0.485 e. The molecule has 2 atom stereocenters. The van der Waals surface area contributed by atoms with Gasteiger partial charge in [0, 0.05) is 48.1 Å². The Labute approximate surface area is 129 Å². The number of fused-ring (bicyclic) bond motifs is 1. The van der Waals surface area contributed by atoms with Crippen molar-refractivity contribution in [3.05, 3.63) is 28.2 Å². The molecule has 0 amide bonds. The summed E-state index contributed by atoms with van der Waals surface area (Å²) in [7, 11) is 2.05. The summed E-state index contributed by atoms with van der Waals surface area (Å²) in [5.74, 6) is 1.04. The lowest BCUT2D eigenvalue weighted by atomic mass is 9.86. The molecule has 1 aromatic carbocycles. The first-order valence-electron chi connectivity index (χ1n) is 7.43. The molecule has 0 bridgehead atoms. The molecule has 0 aliphatic carbocycles. The zero-order valence-electron chi connectivity index (χ0n) is 12.4. The lowest BCUT2D eigenvalue weighted by Crippen LogP contribution is -2.46. The molecule has 2 heterocycles. The lowest BCUT2D eigenvalue weighted by Gasteiger charge is -2.40. The van der Waals surface area contributed by atoms with Crippen molar-refractivity contribution in [1.82, 2.24) is 10.2 Å². The van der Waals surface area contributed by atoms with Crippen LogP contribution in [0.3, 0.4) is 0 Å². The summed E-state index contributed by atoms with van der Waals surface area (Å²) in [5.41, 5.74) is 1.26. The summed E-state index contributed by atoms with van der Waals surface area (Å²) in [6.07, 6.45) is 2.18. The maximum Gasteiger partial charge on any atom is 0.126 e. The Kier molecular flexibility index (Phi) is 3.82. The molecule has 0 saturated carbocycles. The van der Waals surface area contributed by atoms with Gasteiger partial charge in [-0.25, -0.2) is 0 Å². The molecule has 3 nitrogen and oxygen atoms in total. The molecule has 2 aliphatic heterocycles. The van der Waals surface area contributed by atoms with Gasteiger partial charge in [-0.05, 0) is 33.0 Å². The Morgan fingerprint density at radius 2 is 2.25 bits per heavy atom. The molecule has 1 N–H and O–H groups in total. The fraction of sp³-hybridized carbons (Fsp3) is 0.625. The van der Waals surface area contributed by atoms with E-state index in [2.05, 4.69) is 58.2 Å². The number of hydrogen-bond acceptors (Lipinski definition) is 3. The SMILES string of the molecule is CNC1CC2(CCN(C(C)C)C2)Oc2cc(Br)ccc21. The van der Waals surface area contributed by atoms with E-state index in [0.717, 1.165) is 36.2 Å². The van der Waals surface area contributed by atoms with Crippen LogP contribution in [-0.4, -0.2) is 36.7 Å². The summed E-state index contributed by atoms with van der Waals surface area (Å²) >= 11 is 3.55. The third-order valence-electron chi connectivity index (χ3n) is 4.68. The van der Waals surface area contributed by atoms with Gasteiger partial charge < -0.3 is 10.1 Å². The van der Waals surface area contributed by atoms with Crippen LogP contribution in [0.5, 0.6) is 5.75 Å². The Morgan fingerprint density at radius 1 is 1.45 bits per heavy atom. The van der Waals surface area contributed by atoms with Crippen LogP contribution in [0.4, 0.5) is 0 Å². The van der Waals surface area contributed by atoms with E-state index in [1.165, 1.54) is 5.56 Å². The van der Waals surface area contributed by atoms with Gasteiger partial charge >= 0.3 is 0 Å². The number of benzene rings is 1. The summed E-state index contributed by atoms with van der Waals surface area (Å²) < 4.78 is 7.55. The molecule has 0 radical (unpaired) electrons. The first kappa shape index (κ1) is 14.4. The molecule has 2 aliphatic rings. The van der Waals surface area contributed by atoms with E-state index in [1.54, 1.807) is 0 Å². The van der Waals surface area contributed by atoms with Gasteiger partial charge in [0.15, 0.2) is 0 Å². The second-order valence-corrected chi connectivity index (χ2v) is 7.24. The summed E-state index contributed by atoms with van der Waals surface area (Å²) in [6.45, 7) is 6.70. The average molecular weight is 339 g/mol. The third kappa shape index (κ3) is 2.49. The number of nitrogens with one attached hydrogen (secondary N) is 1. The number of likely N-dealkylation sites (tertiary alicyclic amines) is 1. The molecule has 0 aromatic heterocycles. The Balaban J connectivity index is 1.91. The van der Waals surface area contributed by atoms with Gasteiger partial charge in [0.25, 0.3) is 0 Å². The van der Waals surface area contributed by atoms with E-state index in [1.807, 2.05) is 7.05 Å². The number of ether oxygens (including phenoxy) is 1. The largest absolute Gasteiger partial charge is 0.485 e. The highest BCUT2D eigenvalue weighted by molar-refractivity contribution is 9.10. The van der Waals surface area contributed by atoms with E-state index < -0.39 is 0 Å². The van der Waals surface area contributed by atoms with Gasteiger partial charge in [-0.1, -0.05) is 22.0 Å². The third-order valence-corrected chi connectivity index (χ3v) is 5.17. The van der Waals surface area contributed by atoms with Gasteiger partial charge in [0.2, 0.25) is 0 Å². The van der Waals surface area contributed by atoms with Crippen molar-refractivity contribution in [2.24, 2.45) is 0 Å². The second-order valence-electron chi connectivity index (χ2n) is 6.33. The van der Waals surface area contributed by atoms with E-state index >= 15 is 0 Å². The van der Waals surface area contributed by atoms with Gasteiger partial charge in [-0.2, -0.15) is 0 Å². The Morgan fingerprint density at radius 3 is 2.90 bits per heavy atom. The molecule has 1 fully saturated rings. The van der Waals surface area contributed by atoms with E-state index in [-0.39, 0.29) is 5.60 Å². The van der Waals surface area contributed by atoms with Crippen molar-refractivity contribution in [1.29, 1.82) is 0 Å². The van der Waals surface area contributed by atoms with Crippen LogP contribution in [0, 0.1) is 0 Å². The first-order chi connectivity index (χ1) is 9.53. The lowest BCUT2D eigenvalue weighted by molar-refractivity contribution is 0.0365. The maximum atomic E-state index is 6.46. The monoisotopic (exact) mass is 338 g/mol. The van der Waals surface area contributed by atoms with Crippen LogP contribution >= 0.6 is 15.9 Å². The Bertz CT molecular complexity index is 505. The summed E-state index contributed by atoms with van der Waals surface area (Å²) in [6, 6.07) is 7.36. The van der Waals surface area contributed by atoms with Crippen LogP contribution in [-0.2, 0) is 0 Å². The average Bonchev–Trinajstić information content (AvgIpc) is 2.81. The smallest absolute Gasteiger partial charge is 0.126 e. The fourth-order valence-corrected chi connectivity index (χ4v) is 3.81. The number of hydrogen-bond donors (Lipinski definition) is 1. The van der Waals surface area contributed by atoms with Gasteiger partial charge in [-0.15, -0.1) is 0 Å². The number of halogens is 1.